The number of fused-ring (bicyclic) bond motifs is 1. The zero-order valence-corrected chi connectivity index (χ0v) is 19.0. The van der Waals surface area contributed by atoms with Crippen molar-refractivity contribution in [1.29, 1.82) is 0 Å². The summed E-state index contributed by atoms with van der Waals surface area (Å²) in [4.78, 5) is 28.7. The Balaban J connectivity index is 1.25. The van der Waals surface area contributed by atoms with Gasteiger partial charge >= 0.3 is 0 Å². The van der Waals surface area contributed by atoms with Crippen LogP contribution < -0.4 is 4.90 Å². The van der Waals surface area contributed by atoms with Crippen molar-refractivity contribution in [3.05, 3.63) is 71.3 Å². The molecule has 0 unspecified atom stereocenters. The van der Waals surface area contributed by atoms with Crippen molar-refractivity contribution in [2.24, 2.45) is 0 Å². The number of imide groups is 1. The van der Waals surface area contributed by atoms with Crippen LogP contribution in [0.5, 0.6) is 0 Å². The lowest BCUT2D eigenvalue weighted by Gasteiger charge is -2.28. The van der Waals surface area contributed by atoms with E-state index in [9.17, 15) is 9.59 Å². The molecule has 8 nitrogen and oxygen atoms in total. The molecule has 2 aliphatic rings. The summed E-state index contributed by atoms with van der Waals surface area (Å²) in [5.41, 5.74) is 2.17. The van der Waals surface area contributed by atoms with Gasteiger partial charge in [-0.3, -0.25) is 19.1 Å². The van der Waals surface area contributed by atoms with Crippen LogP contribution >= 0.6 is 11.8 Å². The van der Waals surface area contributed by atoms with E-state index in [1.807, 2.05) is 18.2 Å². The fraction of sp³-hybridized carbons (Fsp3) is 0.333. The van der Waals surface area contributed by atoms with Crippen molar-refractivity contribution in [2.75, 3.05) is 43.5 Å². The van der Waals surface area contributed by atoms with Gasteiger partial charge in [-0.15, -0.1) is 10.2 Å². The molecule has 5 rings (SSSR count). The van der Waals surface area contributed by atoms with Gasteiger partial charge in [-0.25, -0.2) is 0 Å². The number of nitrogens with zero attached hydrogens (tertiary/aromatic N) is 5. The topological polar surface area (TPSA) is 80.6 Å². The summed E-state index contributed by atoms with van der Waals surface area (Å²) in [6.45, 7) is 4.01. The van der Waals surface area contributed by atoms with Crippen molar-refractivity contribution in [1.82, 2.24) is 19.7 Å². The smallest absolute Gasteiger partial charge is 0.261 e. The maximum Gasteiger partial charge on any atom is 0.261 e. The summed E-state index contributed by atoms with van der Waals surface area (Å²) < 4.78 is 7.64. The number of morpholine rings is 1. The molecule has 0 N–H and O–H groups in total. The van der Waals surface area contributed by atoms with Crippen LogP contribution in [-0.2, 0) is 11.3 Å². The molecule has 1 saturated heterocycles. The van der Waals surface area contributed by atoms with Gasteiger partial charge < -0.3 is 9.64 Å². The minimum Gasteiger partial charge on any atom is -0.378 e. The van der Waals surface area contributed by atoms with Gasteiger partial charge in [0.25, 0.3) is 11.8 Å². The summed E-state index contributed by atoms with van der Waals surface area (Å²) in [5.74, 6) is 1.17. The highest BCUT2D eigenvalue weighted by atomic mass is 32.2. The Hall–Kier alpha value is -3.17. The number of ether oxygens (including phenoxy) is 1. The number of hydrogen-bond acceptors (Lipinski definition) is 7. The quantitative estimate of drug-likeness (QED) is 0.289. The van der Waals surface area contributed by atoms with Crippen LogP contribution in [0.2, 0.25) is 0 Å². The summed E-state index contributed by atoms with van der Waals surface area (Å²) >= 11 is 1.60. The Kier molecular flexibility index (Phi) is 6.41. The van der Waals surface area contributed by atoms with E-state index in [-0.39, 0.29) is 11.8 Å². The number of benzene rings is 2. The molecular weight excluding hydrogens is 438 g/mol. The first-order valence-electron chi connectivity index (χ1n) is 11.1. The Morgan fingerprint density at radius 3 is 2.24 bits per heavy atom. The van der Waals surface area contributed by atoms with Crippen LogP contribution in [0.15, 0.2) is 59.8 Å². The van der Waals surface area contributed by atoms with Gasteiger partial charge in [0.05, 0.1) is 30.9 Å². The maximum absolute atomic E-state index is 12.6. The second-order valence-corrected chi connectivity index (χ2v) is 9.03. The van der Waals surface area contributed by atoms with Crippen molar-refractivity contribution < 1.29 is 14.3 Å². The fourth-order valence-corrected chi connectivity index (χ4v) is 4.97. The molecule has 0 saturated carbocycles. The fourth-order valence-electron chi connectivity index (χ4n) is 4.12. The molecule has 2 amide bonds. The van der Waals surface area contributed by atoms with Crippen molar-refractivity contribution >= 4 is 29.5 Å². The second kappa shape index (κ2) is 9.76. The van der Waals surface area contributed by atoms with Crippen LogP contribution in [0.25, 0.3) is 0 Å². The number of aromatic nitrogens is 3. The summed E-state index contributed by atoms with van der Waals surface area (Å²) in [6, 6.07) is 17.3. The first-order chi connectivity index (χ1) is 16.2. The second-order valence-electron chi connectivity index (χ2n) is 7.96. The lowest BCUT2D eigenvalue weighted by molar-refractivity contribution is 0.0655. The predicted octanol–water partition coefficient (Wildman–Crippen LogP) is 2.94. The lowest BCUT2D eigenvalue weighted by atomic mass is 10.1. The SMILES string of the molecule is O=C1c2ccccc2C(=O)N1CCCSc1nnc(N2CCOCC2)n1Cc1ccccc1. The van der Waals surface area contributed by atoms with E-state index >= 15 is 0 Å². The third kappa shape index (κ3) is 4.51. The molecule has 0 aliphatic carbocycles. The highest BCUT2D eigenvalue weighted by Gasteiger charge is 2.34. The highest BCUT2D eigenvalue weighted by molar-refractivity contribution is 7.99. The van der Waals surface area contributed by atoms with E-state index in [4.69, 9.17) is 4.74 Å². The lowest BCUT2D eigenvalue weighted by Crippen LogP contribution is -2.38. The first-order valence-corrected chi connectivity index (χ1v) is 12.1. The molecule has 1 aromatic heterocycles. The number of carbonyl (C=O) groups is 2. The Bertz CT molecular complexity index is 1110. The predicted molar refractivity (Wildman–Crippen MR) is 126 cm³/mol. The molecule has 1 fully saturated rings. The third-order valence-electron chi connectivity index (χ3n) is 5.81. The third-order valence-corrected chi connectivity index (χ3v) is 6.86. The van der Waals surface area contributed by atoms with Crippen molar-refractivity contribution in [3.63, 3.8) is 0 Å². The molecule has 9 heteroatoms. The summed E-state index contributed by atoms with van der Waals surface area (Å²) in [6.07, 6.45) is 0.682. The number of amides is 2. The van der Waals surface area contributed by atoms with Crippen LogP contribution in [0.3, 0.4) is 0 Å². The van der Waals surface area contributed by atoms with E-state index in [1.54, 1.807) is 36.0 Å². The van der Waals surface area contributed by atoms with Gasteiger partial charge in [0.2, 0.25) is 5.95 Å². The van der Waals surface area contributed by atoms with Gasteiger partial charge in [-0.1, -0.05) is 54.2 Å². The average Bonchev–Trinajstić information content (AvgIpc) is 3.37. The van der Waals surface area contributed by atoms with Crippen molar-refractivity contribution in [2.45, 2.75) is 18.1 Å². The van der Waals surface area contributed by atoms with Crippen LogP contribution in [0, 0.1) is 0 Å². The van der Waals surface area contributed by atoms with E-state index in [0.29, 0.717) is 43.9 Å². The standard InChI is InChI=1S/C24H25N5O3S/c30-21-19-9-4-5-10-20(19)22(31)28(21)11-6-16-33-24-26-25-23(27-12-14-32-15-13-27)29(24)17-18-7-2-1-3-8-18/h1-5,7-10H,6,11-17H2. The van der Waals surface area contributed by atoms with E-state index in [2.05, 4.69) is 31.8 Å². The normalized spacial score (nSPS) is 15.9. The molecular formula is C24H25N5O3S. The number of hydrogen-bond donors (Lipinski definition) is 0. The van der Waals surface area contributed by atoms with Gasteiger partial charge in [0, 0.05) is 25.4 Å². The number of thioether (sulfide) groups is 1. The molecule has 33 heavy (non-hydrogen) atoms. The molecule has 0 radical (unpaired) electrons. The van der Waals surface area contributed by atoms with Crippen LogP contribution in [0.4, 0.5) is 5.95 Å². The number of carbonyl (C=O) groups excluding carboxylic acids is 2. The molecule has 2 aliphatic heterocycles. The maximum atomic E-state index is 12.6. The average molecular weight is 464 g/mol. The monoisotopic (exact) mass is 463 g/mol. The van der Waals surface area contributed by atoms with Crippen LogP contribution in [0.1, 0.15) is 32.7 Å². The molecule has 2 aromatic carbocycles. The molecule has 0 spiro atoms. The summed E-state index contributed by atoms with van der Waals surface area (Å²) in [5, 5.41) is 9.79. The van der Waals surface area contributed by atoms with E-state index in [0.717, 1.165) is 29.9 Å². The van der Waals surface area contributed by atoms with Gasteiger partial charge in [-0.2, -0.15) is 0 Å². The molecule has 0 bridgehead atoms. The van der Waals surface area contributed by atoms with E-state index in [1.165, 1.54) is 10.5 Å². The first kappa shape index (κ1) is 21.7. The molecule has 3 aromatic rings. The highest BCUT2D eigenvalue weighted by Crippen LogP contribution is 2.26. The summed E-state index contributed by atoms with van der Waals surface area (Å²) in [7, 11) is 0. The van der Waals surface area contributed by atoms with E-state index < -0.39 is 0 Å². The zero-order chi connectivity index (χ0) is 22.6. The van der Waals surface area contributed by atoms with Crippen LogP contribution in [-0.4, -0.2) is 70.1 Å². The largest absolute Gasteiger partial charge is 0.378 e. The Morgan fingerprint density at radius 2 is 1.55 bits per heavy atom. The Morgan fingerprint density at radius 1 is 0.879 bits per heavy atom. The van der Waals surface area contributed by atoms with Gasteiger partial charge in [0.1, 0.15) is 0 Å². The number of anilines is 1. The number of rotatable bonds is 8. The van der Waals surface area contributed by atoms with Gasteiger partial charge in [0.15, 0.2) is 5.16 Å². The van der Waals surface area contributed by atoms with Gasteiger partial charge in [-0.05, 0) is 24.1 Å². The minimum absolute atomic E-state index is 0.206. The zero-order valence-electron chi connectivity index (χ0n) is 18.2. The van der Waals surface area contributed by atoms with Crippen molar-refractivity contribution in [3.8, 4) is 0 Å². The molecule has 3 heterocycles. The molecule has 170 valence electrons. The minimum atomic E-state index is -0.206. The Labute approximate surface area is 196 Å². The molecule has 0 atom stereocenters.